The van der Waals surface area contributed by atoms with Gasteiger partial charge in [0.25, 0.3) is 0 Å². The molecule has 0 aliphatic carbocycles. The van der Waals surface area contributed by atoms with Crippen molar-refractivity contribution in [1.29, 1.82) is 0 Å². The van der Waals surface area contributed by atoms with E-state index in [9.17, 15) is 22.9 Å². The number of aliphatic hydroxyl groups is 1. The summed E-state index contributed by atoms with van der Waals surface area (Å²) in [5.41, 5.74) is 0. The number of nitrogens with one attached hydrogen (secondary N) is 1. The second kappa shape index (κ2) is 16.1. The number of aliphatic hydroxyl groups excluding tert-OH is 1. The summed E-state index contributed by atoms with van der Waals surface area (Å²) in [6.07, 6.45) is 13.1. The van der Waals surface area contributed by atoms with Crippen LogP contribution in [0.1, 0.15) is 84.0 Å². The number of amides is 1. The quantitative estimate of drug-likeness (QED) is 0.184. The van der Waals surface area contributed by atoms with Crippen LogP contribution < -0.4 is 5.32 Å². The Labute approximate surface area is 178 Å². The van der Waals surface area contributed by atoms with E-state index in [1.165, 1.54) is 57.8 Å². The molecule has 0 heterocycles. The summed E-state index contributed by atoms with van der Waals surface area (Å²) in [6.45, 7) is 3.40. The number of unbranched alkanes of at least 4 members (excludes halogenated alkanes) is 10. The number of carbonyl (C=O) groups excluding carboxylic acids is 1. The maximum Gasteiger partial charge on any atom is 0.220 e. The number of likely N-dealkylation sites (N-methyl/N-ethyl adjacent to an activating group) is 1. The Morgan fingerprint density at radius 2 is 1.45 bits per heavy atom. The maximum absolute atomic E-state index is 11.9. The van der Waals surface area contributed by atoms with Crippen LogP contribution in [-0.2, 0) is 14.9 Å². The fraction of sp³-hybridized carbons (Fsp3) is 0.952. The van der Waals surface area contributed by atoms with E-state index in [2.05, 4.69) is 12.2 Å². The Hall–Kier alpha value is -0.700. The molecule has 0 aromatic carbocycles. The first-order chi connectivity index (χ1) is 13.6. The molecular weight excluding hydrogens is 392 g/mol. The normalized spacial score (nSPS) is 13.4. The number of hydrogen-bond donors (Lipinski definition) is 2. The highest BCUT2D eigenvalue weighted by Crippen LogP contribution is 2.11. The Balaban J connectivity index is 3.64. The van der Waals surface area contributed by atoms with Gasteiger partial charge in [0.05, 0.1) is 43.1 Å². The first kappa shape index (κ1) is 28.3. The van der Waals surface area contributed by atoms with Crippen molar-refractivity contribution in [2.75, 3.05) is 39.5 Å². The topological polar surface area (TPSA) is 107 Å². The predicted molar refractivity (Wildman–Crippen MR) is 117 cm³/mol. The highest BCUT2D eigenvalue weighted by atomic mass is 32.2. The summed E-state index contributed by atoms with van der Waals surface area (Å²) in [7, 11) is -0.775. The van der Waals surface area contributed by atoms with Crippen molar-refractivity contribution >= 4 is 16.0 Å². The molecule has 0 saturated heterocycles. The maximum atomic E-state index is 11.9. The van der Waals surface area contributed by atoms with Crippen molar-refractivity contribution < 1.29 is 27.4 Å². The van der Waals surface area contributed by atoms with E-state index in [1.807, 2.05) is 14.1 Å². The van der Waals surface area contributed by atoms with E-state index in [0.29, 0.717) is 24.0 Å². The summed E-state index contributed by atoms with van der Waals surface area (Å²) in [6, 6.07) is 0. The zero-order chi connectivity index (χ0) is 22.2. The van der Waals surface area contributed by atoms with E-state index in [0.717, 1.165) is 12.8 Å². The molecule has 0 fully saturated rings. The minimum absolute atomic E-state index is 0.0311. The highest BCUT2D eigenvalue weighted by molar-refractivity contribution is 7.85. The van der Waals surface area contributed by atoms with Crippen LogP contribution in [0.2, 0.25) is 0 Å². The largest absolute Gasteiger partial charge is 0.748 e. The van der Waals surface area contributed by atoms with Gasteiger partial charge in [0, 0.05) is 6.42 Å². The van der Waals surface area contributed by atoms with Crippen LogP contribution in [-0.4, -0.2) is 74.1 Å². The van der Waals surface area contributed by atoms with Gasteiger partial charge in [0.1, 0.15) is 12.6 Å². The molecule has 0 spiro atoms. The SMILES string of the molecule is CCCCCCCCCCCCCC(=O)NCC[N+](C)(C)CC(O)CS(=O)(=O)[O-]. The van der Waals surface area contributed by atoms with Crippen LogP contribution in [0.3, 0.4) is 0 Å². The molecule has 0 aromatic heterocycles. The molecule has 0 rings (SSSR count). The van der Waals surface area contributed by atoms with Crippen LogP contribution in [0.15, 0.2) is 0 Å². The summed E-state index contributed by atoms with van der Waals surface area (Å²) < 4.78 is 32.4. The number of nitrogens with zero attached hydrogens (tertiary/aromatic N) is 1. The lowest BCUT2D eigenvalue weighted by Gasteiger charge is -2.32. The van der Waals surface area contributed by atoms with Crippen molar-refractivity contribution in [3.8, 4) is 0 Å². The van der Waals surface area contributed by atoms with Gasteiger partial charge in [-0.25, -0.2) is 8.42 Å². The molecule has 0 aliphatic heterocycles. The first-order valence-electron chi connectivity index (χ1n) is 11.3. The third kappa shape index (κ3) is 20.4. The van der Waals surface area contributed by atoms with Crippen molar-refractivity contribution in [1.82, 2.24) is 5.32 Å². The monoisotopic (exact) mass is 436 g/mol. The summed E-state index contributed by atoms with van der Waals surface area (Å²) in [5, 5.41) is 12.6. The lowest BCUT2D eigenvalue weighted by molar-refractivity contribution is -0.891. The van der Waals surface area contributed by atoms with Gasteiger partial charge in [-0.05, 0) is 6.42 Å². The van der Waals surface area contributed by atoms with Crippen molar-refractivity contribution in [2.45, 2.75) is 90.1 Å². The first-order valence-corrected chi connectivity index (χ1v) is 12.8. The molecule has 1 amide bonds. The molecule has 0 aromatic rings. The summed E-state index contributed by atoms with van der Waals surface area (Å²) >= 11 is 0. The Morgan fingerprint density at radius 1 is 0.966 bits per heavy atom. The third-order valence-corrected chi connectivity index (χ3v) is 5.94. The van der Waals surface area contributed by atoms with Gasteiger partial charge in [-0.3, -0.25) is 4.79 Å². The van der Waals surface area contributed by atoms with E-state index in [-0.39, 0.29) is 12.5 Å². The Bertz CT molecular complexity index is 523. The Kier molecular flexibility index (Phi) is 15.7. The molecule has 0 radical (unpaired) electrons. The van der Waals surface area contributed by atoms with Crippen LogP contribution in [0.5, 0.6) is 0 Å². The van der Waals surface area contributed by atoms with E-state index >= 15 is 0 Å². The highest BCUT2D eigenvalue weighted by Gasteiger charge is 2.22. The van der Waals surface area contributed by atoms with Gasteiger partial charge in [0.15, 0.2) is 0 Å². The summed E-state index contributed by atoms with van der Waals surface area (Å²) in [4.78, 5) is 11.9. The zero-order valence-corrected chi connectivity index (χ0v) is 19.6. The zero-order valence-electron chi connectivity index (χ0n) is 18.8. The molecule has 0 saturated carbocycles. The van der Waals surface area contributed by atoms with Gasteiger partial charge >= 0.3 is 0 Å². The van der Waals surface area contributed by atoms with Gasteiger partial charge in [0.2, 0.25) is 5.91 Å². The van der Waals surface area contributed by atoms with Crippen LogP contribution >= 0.6 is 0 Å². The van der Waals surface area contributed by atoms with E-state index < -0.39 is 22.0 Å². The predicted octanol–water partition coefficient (Wildman–Crippen LogP) is 2.79. The fourth-order valence-corrected chi connectivity index (χ4v) is 4.06. The minimum Gasteiger partial charge on any atom is -0.748 e. The van der Waals surface area contributed by atoms with Gasteiger partial charge in [-0.1, -0.05) is 71.1 Å². The number of quaternary nitrogens is 1. The Morgan fingerprint density at radius 3 is 1.93 bits per heavy atom. The lowest BCUT2D eigenvalue weighted by atomic mass is 10.1. The smallest absolute Gasteiger partial charge is 0.220 e. The average molecular weight is 437 g/mol. The molecule has 174 valence electrons. The van der Waals surface area contributed by atoms with E-state index in [4.69, 9.17) is 0 Å². The van der Waals surface area contributed by atoms with Crippen molar-refractivity contribution in [2.24, 2.45) is 0 Å². The van der Waals surface area contributed by atoms with Gasteiger partial charge in [-0.2, -0.15) is 0 Å². The molecule has 1 atom stereocenters. The van der Waals surface area contributed by atoms with Gasteiger partial charge < -0.3 is 19.5 Å². The number of hydrogen-bond acceptors (Lipinski definition) is 5. The van der Waals surface area contributed by atoms with Gasteiger partial charge in [-0.15, -0.1) is 0 Å². The van der Waals surface area contributed by atoms with Crippen LogP contribution in [0, 0.1) is 0 Å². The minimum atomic E-state index is -4.44. The lowest BCUT2D eigenvalue weighted by Crippen LogP contribution is -2.50. The molecule has 29 heavy (non-hydrogen) atoms. The standard InChI is InChI=1S/C21H44N2O5S/c1-4-5-6-7-8-9-10-11-12-13-14-15-21(25)22-16-17-23(2,3)18-20(24)19-29(26,27)28/h20,24H,4-19H2,1-3H3,(H-,22,25,26,27,28). The molecule has 1 unspecified atom stereocenters. The second-order valence-corrected chi connectivity index (χ2v) is 10.3. The van der Waals surface area contributed by atoms with Crippen molar-refractivity contribution in [3.63, 3.8) is 0 Å². The fourth-order valence-electron chi connectivity index (χ4n) is 3.49. The summed E-state index contributed by atoms with van der Waals surface area (Å²) in [5.74, 6) is -0.747. The third-order valence-electron chi connectivity index (χ3n) is 5.15. The number of rotatable bonds is 19. The van der Waals surface area contributed by atoms with E-state index in [1.54, 1.807) is 0 Å². The molecule has 0 aliphatic rings. The molecule has 0 bridgehead atoms. The van der Waals surface area contributed by atoms with Crippen LogP contribution in [0.4, 0.5) is 0 Å². The molecule has 2 N–H and O–H groups in total. The molecule has 8 heteroatoms. The molecule has 7 nitrogen and oxygen atoms in total. The van der Waals surface area contributed by atoms with Crippen molar-refractivity contribution in [3.05, 3.63) is 0 Å². The average Bonchev–Trinajstić information content (AvgIpc) is 2.57. The molecular formula is C21H44N2O5S. The number of carbonyl (C=O) groups is 1. The second-order valence-electron chi connectivity index (χ2n) is 8.86. The van der Waals surface area contributed by atoms with Crippen LogP contribution in [0.25, 0.3) is 0 Å².